The lowest BCUT2D eigenvalue weighted by Gasteiger charge is -2.14. The van der Waals surface area contributed by atoms with E-state index in [0.717, 1.165) is 36.8 Å². The molecule has 1 rings (SSSR count). The molecule has 0 spiro atoms. The van der Waals surface area contributed by atoms with Crippen molar-refractivity contribution in [3.8, 4) is 11.5 Å². The lowest BCUT2D eigenvalue weighted by atomic mass is 9.95. The molecule has 0 saturated carbocycles. The summed E-state index contributed by atoms with van der Waals surface area (Å²) in [6.45, 7) is 4.46. The lowest BCUT2D eigenvalue weighted by Crippen LogP contribution is -1.98. The number of phenolic OH excluding ortho intramolecular Hbond substituents is 2. The Labute approximate surface area is 159 Å². The van der Waals surface area contributed by atoms with E-state index in [2.05, 4.69) is 13.8 Å². The van der Waals surface area contributed by atoms with Crippen molar-refractivity contribution in [2.45, 2.75) is 104 Å². The van der Waals surface area contributed by atoms with Gasteiger partial charge >= 0.3 is 0 Å². The van der Waals surface area contributed by atoms with Gasteiger partial charge in [-0.25, -0.2) is 0 Å². The molecule has 0 aromatic heterocycles. The first kappa shape index (κ1) is 22.2. The number of phenols is 2. The first-order valence-electron chi connectivity index (χ1n) is 10.3. The summed E-state index contributed by atoms with van der Waals surface area (Å²) in [5.41, 5.74) is 2.16. The molecular formula is C22H37ClO2. The summed E-state index contributed by atoms with van der Waals surface area (Å²) in [5.74, 6) is -0.243. The smallest absolute Gasteiger partial charge is 0.176 e. The molecule has 0 unspecified atom stereocenters. The van der Waals surface area contributed by atoms with Gasteiger partial charge in [-0.3, -0.25) is 0 Å². The second-order valence-corrected chi connectivity index (χ2v) is 7.61. The van der Waals surface area contributed by atoms with Crippen LogP contribution in [0.1, 0.15) is 102 Å². The first-order valence-corrected chi connectivity index (χ1v) is 10.7. The topological polar surface area (TPSA) is 40.5 Å². The molecule has 0 amide bonds. The maximum absolute atomic E-state index is 9.97. The number of unbranched alkanes of at least 4 members (excludes halogenated alkanes) is 10. The zero-order chi connectivity index (χ0) is 18.5. The highest BCUT2D eigenvalue weighted by Crippen LogP contribution is 2.39. The third-order valence-corrected chi connectivity index (χ3v) is 5.40. The summed E-state index contributed by atoms with van der Waals surface area (Å²) < 4.78 is 0. The highest BCUT2D eigenvalue weighted by Gasteiger charge is 2.15. The summed E-state index contributed by atoms with van der Waals surface area (Å²) in [6, 6.07) is 1.72. The third kappa shape index (κ3) is 8.35. The van der Waals surface area contributed by atoms with E-state index in [1.807, 2.05) is 0 Å². The molecule has 0 bridgehead atoms. The molecule has 0 heterocycles. The summed E-state index contributed by atoms with van der Waals surface area (Å²) in [7, 11) is 0. The zero-order valence-corrected chi connectivity index (χ0v) is 17.0. The number of aromatic hydroxyl groups is 2. The molecule has 2 nitrogen and oxygen atoms in total. The van der Waals surface area contributed by atoms with Crippen LogP contribution in [0.25, 0.3) is 0 Å². The van der Waals surface area contributed by atoms with E-state index in [9.17, 15) is 10.2 Å². The minimum Gasteiger partial charge on any atom is -0.504 e. The van der Waals surface area contributed by atoms with Crippen LogP contribution >= 0.6 is 11.6 Å². The molecular weight excluding hydrogens is 332 g/mol. The van der Waals surface area contributed by atoms with Crippen molar-refractivity contribution < 1.29 is 10.2 Å². The van der Waals surface area contributed by atoms with Crippen molar-refractivity contribution >= 4 is 11.6 Å². The normalized spacial score (nSPS) is 11.2. The quantitative estimate of drug-likeness (QED) is 0.262. The van der Waals surface area contributed by atoms with Crippen molar-refractivity contribution in [3.05, 3.63) is 22.2 Å². The minimum atomic E-state index is -0.158. The first-order chi connectivity index (χ1) is 12.1. The van der Waals surface area contributed by atoms with Gasteiger partial charge in [0, 0.05) is 0 Å². The van der Waals surface area contributed by atoms with Gasteiger partial charge in [-0.1, -0.05) is 89.7 Å². The highest BCUT2D eigenvalue weighted by atomic mass is 35.5. The van der Waals surface area contributed by atoms with Crippen molar-refractivity contribution in [1.29, 1.82) is 0 Å². The lowest BCUT2D eigenvalue weighted by molar-refractivity contribution is 0.402. The molecule has 0 saturated heterocycles. The van der Waals surface area contributed by atoms with E-state index in [0.29, 0.717) is 5.02 Å². The van der Waals surface area contributed by atoms with Crippen molar-refractivity contribution in [1.82, 2.24) is 0 Å². The van der Waals surface area contributed by atoms with Crippen LogP contribution in [0.5, 0.6) is 11.5 Å². The van der Waals surface area contributed by atoms with Gasteiger partial charge in [0.05, 0.1) is 5.02 Å². The standard InChI is InChI=1S/C22H37ClO2/c1-3-5-7-9-11-13-15-18-17-20(24)22(25)21(23)19(18)16-14-12-10-8-6-4-2/h17,24-25H,3-16H2,1-2H3. The van der Waals surface area contributed by atoms with Gasteiger partial charge in [0.25, 0.3) is 0 Å². The predicted octanol–water partition coefficient (Wildman–Crippen LogP) is 7.56. The Morgan fingerprint density at radius 1 is 0.720 bits per heavy atom. The Morgan fingerprint density at radius 3 is 1.76 bits per heavy atom. The maximum Gasteiger partial charge on any atom is 0.176 e. The van der Waals surface area contributed by atoms with E-state index in [4.69, 9.17) is 11.6 Å². The predicted molar refractivity (Wildman–Crippen MR) is 109 cm³/mol. The van der Waals surface area contributed by atoms with Gasteiger partial charge < -0.3 is 10.2 Å². The zero-order valence-electron chi connectivity index (χ0n) is 16.2. The number of halogens is 1. The molecule has 0 aliphatic heterocycles. The van der Waals surface area contributed by atoms with Crippen LogP contribution in [-0.4, -0.2) is 10.2 Å². The molecule has 1 aromatic carbocycles. The average Bonchev–Trinajstić information content (AvgIpc) is 2.61. The van der Waals surface area contributed by atoms with E-state index in [1.165, 1.54) is 64.2 Å². The minimum absolute atomic E-state index is 0.0855. The van der Waals surface area contributed by atoms with Gasteiger partial charge in [-0.2, -0.15) is 0 Å². The summed E-state index contributed by atoms with van der Waals surface area (Å²) in [5, 5.41) is 20.2. The van der Waals surface area contributed by atoms with Crippen molar-refractivity contribution in [3.63, 3.8) is 0 Å². The third-order valence-electron chi connectivity index (χ3n) is 4.99. The van der Waals surface area contributed by atoms with E-state index in [-0.39, 0.29) is 11.5 Å². The van der Waals surface area contributed by atoms with E-state index >= 15 is 0 Å². The molecule has 0 fully saturated rings. The fourth-order valence-electron chi connectivity index (χ4n) is 3.39. The fourth-order valence-corrected chi connectivity index (χ4v) is 3.70. The van der Waals surface area contributed by atoms with Crippen LogP contribution in [-0.2, 0) is 12.8 Å². The Hall–Kier alpha value is -0.890. The number of hydrogen-bond donors (Lipinski definition) is 2. The second-order valence-electron chi connectivity index (χ2n) is 7.23. The Kier molecular flexibility index (Phi) is 11.8. The monoisotopic (exact) mass is 368 g/mol. The molecule has 0 aliphatic rings. The van der Waals surface area contributed by atoms with Crippen LogP contribution in [0.15, 0.2) is 6.07 Å². The van der Waals surface area contributed by atoms with Crippen LogP contribution < -0.4 is 0 Å². The molecule has 0 aliphatic carbocycles. The number of hydrogen-bond acceptors (Lipinski definition) is 2. The SMILES string of the molecule is CCCCCCCCc1cc(O)c(O)c(Cl)c1CCCCCCCC. The molecule has 0 radical (unpaired) electrons. The summed E-state index contributed by atoms with van der Waals surface area (Å²) in [4.78, 5) is 0. The van der Waals surface area contributed by atoms with E-state index in [1.54, 1.807) is 6.07 Å². The van der Waals surface area contributed by atoms with Gasteiger partial charge in [-0.05, 0) is 42.9 Å². The van der Waals surface area contributed by atoms with Gasteiger partial charge in [0.2, 0.25) is 0 Å². The van der Waals surface area contributed by atoms with Crippen LogP contribution in [0.2, 0.25) is 5.02 Å². The number of aryl methyl sites for hydroxylation is 1. The van der Waals surface area contributed by atoms with Gasteiger partial charge in [0.1, 0.15) is 0 Å². The maximum atomic E-state index is 9.97. The molecule has 1 aromatic rings. The summed E-state index contributed by atoms with van der Waals surface area (Å²) >= 11 is 6.34. The molecule has 144 valence electrons. The van der Waals surface area contributed by atoms with Gasteiger partial charge in [-0.15, -0.1) is 0 Å². The Morgan fingerprint density at radius 2 is 1.20 bits per heavy atom. The van der Waals surface area contributed by atoms with Crippen LogP contribution in [0, 0.1) is 0 Å². The fraction of sp³-hybridized carbons (Fsp3) is 0.727. The number of benzene rings is 1. The largest absolute Gasteiger partial charge is 0.504 e. The van der Waals surface area contributed by atoms with Crippen molar-refractivity contribution in [2.24, 2.45) is 0 Å². The van der Waals surface area contributed by atoms with Crippen LogP contribution in [0.4, 0.5) is 0 Å². The number of rotatable bonds is 14. The highest BCUT2D eigenvalue weighted by molar-refractivity contribution is 6.33. The summed E-state index contributed by atoms with van der Waals surface area (Å²) in [6.07, 6.45) is 16.8. The second kappa shape index (κ2) is 13.3. The molecule has 3 heteroatoms. The Bertz CT molecular complexity index is 485. The van der Waals surface area contributed by atoms with Gasteiger partial charge in [0.15, 0.2) is 11.5 Å². The molecule has 2 N–H and O–H groups in total. The molecule has 0 atom stereocenters. The van der Waals surface area contributed by atoms with E-state index < -0.39 is 0 Å². The van der Waals surface area contributed by atoms with Crippen molar-refractivity contribution in [2.75, 3.05) is 0 Å². The Balaban J connectivity index is 2.56. The van der Waals surface area contributed by atoms with Crippen LogP contribution in [0.3, 0.4) is 0 Å². The molecule has 25 heavy (non-hydrogen) atoms. The average molecular weight is 369 g/mol.